The Morgan fingerprint density at radius 2 is 1.97 bits per heavy atom. The van der Waals surface area contributed by atoms with Gasteiger partial charge in [0.25, 0.3) is 0 Å². The van der Waals surface area contributed by atoms with Crippen molar-refractivity contribution in [3.05, 3.63) is 64.2 Å². The fourth-order valence-electron chi connectivity index (χ4n) is 2.63. The monoisotopic (exact) mass is 445 g/mol. The molecule has 0 radical (unpaired) electrons. The number of nitrogens with one attached hydrogen (secondary N) is 2. The Kier molecular flexibility index (Phi) is 6.10. The summed E-state index contributed by atoms with van der Waals surface area (Å²) >= 11 is 7.72. The molecule has 4 aromatic heterocycles. The SMILES string of the molecule is C[C@H](Nc1nc(Cl)nc(Nc2cn(CCc3ccsc3)cn2)n1)c1ncc(F)cn1. The fourth-order valence-corrected chi connectivity index (χ4v) is 3.49. The maximum Gasteiger partial charge on any atom is 0.234 e. The standard InChI is InChI=1S/C18H17ClFN9S/c1-11(15-21-6-13(20)7-22-15)24-17-26-16(19)27-18(28-17)25-14-8-29(10-23-14)4-2-12-3-5-30-9-12/h3,5-11H,2,4H2,1H3,(H2,24,25,26,27,28)/t11-/m0/s1. The number of aromatic nitrogens is 7. The molecule has 154 valence electrons. The zero-order valence-electron chi connectivity index (χ0n) is 15.8. The minimum atomic E-state index is -0.504. The summed E-state index contributed by atoms with van der Waals surface area (Å²) in [4.78, 5) is 24.7. The minimum absolute atomic E-state index is 0.0131. The van der Waals surface area contributed by atoms with Gasteiger partial charge in [0.05, 0.1) is 24.8 Å². The molecule has 0 aromatic carbocycles. The van der Waals surface area contributed by atoms with E-state index in [-0.39, 0.29) is 23.2 Å². The summed E-state index contributed by atoms with van der Waals surface area (Å²) in [5, 5.41) is 10.3. The summed E-state index contributed by atoms with van der Waals surface area (Å²) in [5.74, 6) is 0.952. The number of nitrogens with zero attached hydrogens (tertiary/aromatic N) is 7. The Morgan fingerprint density at radius 3 is 2.73 bits per heavy atom. The van der Waals surface area contributed by atoms with E-state index in [1.54, 1.807) is 24.6 Å². The Bertz CT molecular complexity index is 1100. The van der Waals surface area contributed by atoms with Crippen LogP contribution in [-0.4, -0.2) is 34.5 Å². The van der Waals surface area contributed by atoms with Crippen LogP contribution in [0.4, 0.5) is 22.1 Å². The number of anilines is 3. The lowest BCUT2D eigenvalue weighted by Crippen LogP contribution is -2.14. The first-order chi connectivity index (χ1) is 14.5. The number of hydrogen-bond donors (Lipinski definition) is 2. The summed E-state index contributed by atoms with van der Waals surface area (Å²) in [6, 6.07) is 1.74. The van der Waals surface area contributed by atoms with Crippen LogP contribution in [0.5, 0.6) is 0 Å². The average Bonchev–Trinajstić information content (AvgIpc) is 3.38. The van der Waals surface area contributed by atoms with Crippen LogP contribution < -0.4 is 10.6 Å². The van der Waals surface area contributed by atoms with Crippen LogP contribution >= 0.6 is 22.9 Å². The molecule has 4 heterocycles. The highest BCUT2D eigenvalue weighted by molar-refractivity contribution is 7.07. The summed E-state index contributed by atoms with van der Waals surface area (Å²) in [6.45, 7) is 2.61. The van der Waals surface area contributed by atoms with E-state index in [9.17, 15) is 4.39 Å². The molecule has 0 fully saturated rings. The second-order valence-corrected chi connectivity index (χ2v) is 7.50. The van der Waals surface area contributed by atoms with Crippen LogP contribution in [0.1, 0.15) is 24.4 Å². The van der Waals surface area contributed by atoms with Crippen molar-refractivity contribution in [1.29, 1.82) is 0 Å². The molecule has 4 aromatic rings. The van der Waals surface area contributed by atoms with Gasteiger partial charge >= 0.3 is 0 Å². The van der Waals surface area contributed by atoms with Gasteiger partial charge in [-0.15, -0.1) is 0 Å². The molecule has 0 amide bonds. The number of aryl methyl sites for hydroxylation is 2. The minimum Gasteiger partial charge on any atom is -0.344 e. The van der Waals surface area contributed by atoms with Crippen LogP contribution in [0.3, 0.4) is 0 Å². The van der Waals surface area contributed by atoms with Crippen LogP contribution in [0, 0.1) is 5.82 Å². The van der Waals surface area contributed by atoms with Gasteiger partial charge in [0.15, 0.2) is 11.6 Å². The molecule has 1 atom stereocenters. The van der Waals surface area contributed by atoms with Crippen molar-refractivity contribution in [2.45, 2.75) is 25.9 Å². The van der Waals surface area contributed by atoms with E-state index >= 15 is 0 Å². The Balaban J connectivity index is 1.41. The smallest absolute Gasteiger partial charge is 0.234 e. The van der Waals surface area contributed by atoms with Gasteiger partial charge in [0.1, 0.15) is 5.82 Å². The topological polar surface area (TPSA) is 106 Å². The maximum atomic E-state index is 13.0. The van der Waals surface area contributed by atoms with Crippen molar-refractivity contribution < 1.29 is 4.39 Å². The molecule has 0 saturated heterocycles. The summed E-state index contributed by atoms with van der Waals surface area (Å²) in [7, 11) is 0. The van der Waals surface area contributed by atoms with E-state index in [4.69, 9.17) is 11.6 Å². The lowest BCUT2D eigenvalue weighted by atomic mass is 10.2. The highest BCUT2D eigenvalue weighted by Crippen LogP contribution is 2.18. The van der Waals surface area contributed by atoms with Crippen molar-refractivity contribution in [2.24, 2.45) is 0 Å². The zero-order chi connectivity index (χ0) is 20.9. The van der Waals surface area contributed by atoms with Crippen molar-refractivity contribution in [3.63, 3.8) is 0 Å². The number of imidazole rings is 1. The van der Waals surface area contributed by atoms with Crippen LogP contribution in [0.25, 0.3) is 0 Å². The lowest BCUT2D eigenvalue weighted by Gasteiger charge is -2.12. The largest absolute Gasteiger partial charge is 0.344 e. The second kappa shape index (κ2) is 9.09. The predicted octanol–water partition coefficient (Wildman–Crippen LogP) is 3.87. The third kappa shape index (κ3) is 5.24. The van der Waals surface area contributed by atoms with E-state index < -0.39 is 5.82 Å². The molecule has 2 N–H and O–H groups in total. The quantitative estimate of drug-likeness (QED) is 0.421. The van der Waals surface area contributed by atoms with Gasteiger partial charge in [-0.3, -0.25) is 0 Å². The van der Waals surface area contributed by atoms with Crippen molar-refractivity contribution in [3.8, 4) is 0 Å². The number of hydrogen-bond acceptors (Lipinski definition) is 9. The first-order valence-electron chi connectivity index (χ1n) is 9.00. The van der Waals surface area contributed by atoms with Gasteiger partial charge in [-0.05, 0) is 47.3 Å². The van der Waals surface area contributed by atoms with E-state index in [0.717, 1.165) is 25.4 Å². The first kappa shape index (κ1) is 20.1. The molecule has 30 heavy (non-hydrogen) atoms. The van der Waals surface area contributed by atoms with E-state index in [0.29, 0.717) is 11.6 Å². The zero-order valence-corrected chi connectivity index (χ0v) is 17.4. The van der Waals surface area contributed by atoms with Crippen LogP contribution in [0.15, 0.2) is 41.7 Å². The maximum absolute atomic E-state index is 13.0. The second-order valence-electron chi connectivity index (χ2n) is 6.38. The average molecular weight is 446 g/mol. The van der Waals surface area contributed by atoms with E-state index in [1.807, 2.05) is 10.8 Å². The third-order valence-corrected chi connectivity index (χ3v) is 4.99. The molecule has 4 rings (SSSR count). The Labute approximate surface area is 180 Å². The highest BCUT2D eigenvalue weighted by Gasteiger charge is 2.13. The highest BCUT2D eigenvalue weighted by atomic mass is 35.5. The van der Waals surface area contributed by atoms with Crippen molar-refractivity contribution >= 4 is 40.7 Å². The van der Waals surface area contributed by atoms with Gasteiger partial charge < -0.3 is 15.2 Å². The summed E-state index contributed by atoms with van der Waals surface area (Å²) in [5.41, 5.74) is 1.29. The molecule has 0 saturated carbocycles. The Morgan fingerprint density at radius 1 is 1.17 bits per heavy atom. The molecule has 0 unspecified atom stereocenters. The molecule has 12 heteroatoms. The molecule has 0 aliphatic rings. The Hall–Kier alpha value is -3.18. The van der Waals surface area contributed by atoms with Gasteiger partial charge in [-0.2, -0.15) is 26.3 Å². The van der Waals surface area contributed by atoms with Crippen LogP contribution in [-0.2, 0) is 13.0 Å². The lowest BCUT2D eigenvalue weighted by molar-refractivity contribution is 0.604. The van der Waals surface area contributed by atoms with Crippen molar-refractivity contribution in [1.82, 2.24) is 34.5 Å². The van der Waals surface area contributed by atoms with Gasteiger partial charge in [-0.25, -0.2) is 19.3 Å². The third-order valence-electron chi connectivity index (χ3n) is 4.09. The van der Waals surface area contributed by atoms with Crippen LogP contribution in [0.2, 0.25) is 5.28 Å². The van der Waals surface area contributed by atoms with Crippen molar-refractivity contribution in [2.75, 3.05) is 10.6 Å². The fraction of sp³-hybridized carbons (Fsp3) is 0.222. The van der Waals surface area contributed by atoms with Gasteiger partial charge in [0, 0.05) is 12.7 Å². The number of halogens is 2. The normalized spacial score (nSPS) is 12.0. The first-order valence-corrected chi connectivity index (χ1v) is 10.3. The van der Waals surface area contributed by atoms with E-state index in [2.05, 4.69) is 57.4 Å². The molecule has 9 nitrogen and oxygen atoms in total. The predicted molar refractivity (Wildman–Crippen MR) is 112 cm³/mol. The summed E-state index contributed by atoms with van der Waals surface area (Å²) in [6.07, 6.45) is 6.73. The summed E-state index contributed by atoms with van der Waals surface area (Å²) < 4.78 is 15.0. The molecule has 0 aliphatic heterocycles. The molecular formula is C18H17ClFN9S. The number of rotatable bonds is 8. The molecular weight excluding hydrogens is 429 g/mol. The van der Waals surface area contributed by atoms with Gasteiger partial charge in [0.2, 0.25) is 17.2 Å². The molecule has 0 aliphatic carbocycles. The number of thiophene rings is 1. The van der Waals surface area contributed by atoms with E-state index in [1.165, 1.54) is 5.56 Å². The van der Waals surface area contributed by atoms with Gasteiger partial charge in [-0.1, -0.05) is 0 Å². The molecule has 0 bridgehead atoms. The molecule has 0 spiro atoms.